The first-order valence-corrected chi connectivity index (χ1v) is 9.84. The number of hydrogen-bond acceptors (Lipinski definition) is 6. The topological polar surface area (TPSA) is 102 Å². The molecule has 8 nitrogen and oxygen atoms in total. The normalized spacial score (nSPS) is 13.0. The molecule has 0 saturated carbocycles. The molecule has 2 amide bonds. The highest BCUT2D eigenvalue weighted by molar-refractivity contribution is 6.02. The molecule has 1 aliphatic heterocycles. The molecule has 3 N–H and O–H groups in total. The third-order valence-corrected chi connectivity index (χ3v) is 5.17. The number of likely N-dealkylation sites (N-methyl/N-ethyl adjacent to an activating group) is 1. The number of phenolic OH excluding ortho intramolecular Hbond substituents is 2. The van der Waals surface area contributed by atoms with E-state index in [2.05, 4.69) is 5.32 Å². The maximum atomic E-state index is 13.2. The van der Waals surface area contributed by atoms with Gasteiger partial charge in [-0.3, -0.25) is 9.59 Å². The van der Waals surface area contributed by atoms with E-state index in [9.17, 15) is 19.8 Å². The van der Waals surface area contributed by atoms with Crippen LogP contribution in [0.5, 0.6) is 17.2 Å². The van der Waals surface area contributed by atoms with Crippen LogP contribution in [0.2, 0.25) is 0 Å². The molecule has 0 radical (unpaired) electrons. The molecule has 1 heterocycles. The molecular formula is C23H27N3O5. The Hall–Kier alpha value is -3.52. The number of nitrogens with one attached hydrogen (secondary N) is 1. The predicted molar refractivity (Wildman–Crippen MR) is 117 cm³/mol. The first kappa shape index (κ1) is 22.2. The minimum Gasteiger partial charge on any atom is -0.507 e. The van der Waals surface area contributed by atoms with Gasteiger partial charge in [-0.2, -0.15) is 0 Å². The zero-order valence-corrected chi connectivity index (χ0v) is 18.1. The molecule has 1 aliphatic rings. The second-order valence-corrected chi connectivity index (χ2v) is 7.71. The maximum Gasteiger partial charge on any atom is 0.262 e. The average Bonchev–Trinajstić information content (AvgIpc) is 3.15. The fraction of sp³-hybridized carbons (Fsp3) is 0.304. The van der Waals surface area contributed by atoms with Crippen molar-refractivity contribution >= 4 is 17.5 Å². The third kappa shape index (κ3) is 4.64. The summed E-state index contributed by atoms with van der Waals surface area (Å²) in [5.41, 5.74) is 2.78. The molecule has 31 heavy (non-hydrogen) atoms. The first-order chi connectivity index (χ1) is 14.7. The summed E-state index contributed by atoms with van der Waals surface area (Å²) in [4.78, 5) is 29.0. The van der Waals surface area contributed by atoms with Crippen LogP contribution in [0.15, 0.2) is 36.4 Å². The molecule has 0 unspecified atom stereocenters. The Balaban J connectivity index is 1.83. The van der Waals surface area contributed by atoms with Crippen molar-refractivity contribution in [2.75, 3.05) is 33.1 Å². The van der Waals surface area contributed by atoms with E-state index in [4.69, 9.17) is 4.74 Å². The number of anilines is 1. The van der Waals surface area contributed by atoms with Crippen molar-refractivity contribution in [1.29, 1.82) is 0 Å². The number of ether oxygens (including phenoxy) is 1. The molecule has 0 aromatic heterocycles. The highest BCUT2D eigenvalue weighted by atomic mass is 16.5. The molecule has 2 aromatic rings. The number of carbonyl (C=O) groups excluding carboxylic acids is 2. The predicted octanol–water partition coefficient (Wildman–Crippen LogP) is 2.63. The largest absolute Gasteiger partial charge is 0.507 e. The van der Waals surface area contributed by atoms with Crippen molar-refractivity contribution in [3.63, 3.8) is 0 Å². The number of fused-ring (bicyclic) bond motifs is 1. The quantitative estimate of drug-likeness (QED) is 0.615. The monoisotopic (exact) mass is 425 g/mol. The summed E-state index contributed by atoms with van der Waals surface area (Å²) in [7, 11) is 5.22. The van der Waals surface area contributed by atoms with Gasteiger partial charge >= 0.3 is 0 Å². The van der Waals surface area contributed by atoms with E-state index in [0.29, 0.717) is 24.3 Å². The van der Waals surface area contributed by atoms with Gasteiger partial charge < -0.3 is 30.1 Å². The van der Waals surface area contributed by atoms with Gasteiger partial charge in [-0.05, 0) is 32.6 Å². The van der Waals surface area contributed by atoms with Crippen molar-refractivity contribution in [2.45, 2.75) is 20.0 Å². The number of phenols is 2. The molecule has 0 aliphatic carbocycles. The molecule has 0 bridgehead atoms. The molecule has 0 atom stereocenters. The van der Waals surface area contributed by atoms with Gasteiger partial charge in [-0.25, -0.2) is 0 Å². The number of aromatic hydroxyl groups is 2. The molecule has 3 rings (SSSR count). The first-order valence-electron chi connectivity index (χ1n) is 9.84. The van der Waals surface area contributed by atoms with Crippen LogP contribution in [-0.4, -0.2) is 59.6 Å². The van der Waals surface area contributed by atoms with Gasteiger partial charge in [-0.1, -0.05) is 18.2 Å². The van der Waals surface area contributed by atoms with Gasteiger partial charge in [0.05, 0.1) is 7.11 Å². The van der Waals surface area contributed by atoms with Crippen LogP contribution >= 0.6 is 0 Å². The van der Waals surface area contributed by atoms with Crippen LogP contribution in [0, 0.1) is 6.92 Å². The number of hydrogen-bond donors (Lipinski definition) is 3. The number of nitrogens with zero attached hydrogens (tertiary/aromatic N) is 2. The lowest BCUT2D eigenvalue weighted by Gasteiger charge is -2.20. The second-order valence-electron chi connectivity index (χ2n) is 7.71. The van der Waals surface area contributed by atoms with E-state index in [-0.39, 0.29) is 35.3 Å². The maximum absolute atomic E-state index is 13.2. The van der Waals surface area contributed by atoms with E-state index in [1.165, 1.54) is 13.2 Å². The van der Waals surface area contributed by atoms with Gasteiger partial charge in [0.1, 0.15) is 22.8 Å². The highest BCUT2D eigenvalue weighted by Gasteiger charge is 2.31. The summed E-state index contributed by atoms with van der Waals surface area (Å²) in [6, 6.07) is 6.67. The summed E-state index contributed by atoms with van der Waals surface area (Å²) >= 11 is 0. The van der Waals surface area contributed by atoms with E-state index < -0.39 is 5.91 Å². The van der Waals surface area contributed by atoms with Gasteiger partial charge in [0.15, 0.2) is 0 Å². The van der Waals surface area contributed by atoms with Gasteiger partial charge in [0, 0.05) is 48.6 Å². The van der Waals surface area contributed by atoms with E-state index >= 15 is 0 Å². The smallest absolute Gasteiger partial charge is 0.262 e. The van der Waals surface area contributed by atoms with Crippen LogP contribution < -0.4 is 10.1 Å². The summed E-state index contributed by atoms with van der Waals surface area (Å²) < 4.78 is 5.29. The minimum atomic E-state index is -0.420. The lowest BCUT2D eigenvalue weighted by atomic mass is 10.1. The van der Waals surface area contributed by atoms with Crippen LogP contribution in [0.4, 0.5) is 5.69 Å². The fourth-order valence-corrected chi connectivity index (χ4v) is 3.58. The van der Waals surface area contributed by atoms with E-state index in [1.807, 2.05) is 31.1 Å². The van der Waals surface area contributed by atoms with Gasteiger partial charge in [0.25, 0.3) is 5.91 Å². The Bertz CT molecular complexity index is 1050. The number of carbonyl (C=O) groups is 2. The standard InChI is InChI=1S/C23H27N3O5/c1-14-18(27)11-19(28)21(22(14)31-4)23(30)26-12-15-7-5-8-17(16(15)13-26)24-20(29)9-6-10-25(2)3/h5-9,11,27-28H,10,12-13H2,1-4H3,(H,24,29)/b9-6+. The van der Waals surface area contributed by atoms with Crippen LogP contribution in [0.3, 0.4) is 0 Å². The molecule has 0 fully saturated rings. The second kappa shape index (κ2) is 9.09. The van der Waals surface area contributed by atoms with Crippen molar-refractivity contribution in [1.82, 2.24) is 9.80 Å². The molecule has 2 aromatic carbocycles. The molecule has 0 spiro atoms. The molecule has 0 saturated heterocycles. The van der Waals surface area contributed by atoms with Gasteiger partial charge in [0.2, 0.25) is 5.91 Å². The van der Waals surface area contributed by atoms with Crippen molar-refractivity contribution < 1.29 is 24.5 Å². The minimum absolute atomic E-state index is 0.00260. The number of rotatable bonds is 6. The number of methoxy groups -OCH3 is 1. The van der Waals surface area contributed by atoms with Crippen LogP contribution in [0.25, 0.3) is 0 Å². The lowest BCUT2D eigenvalue weighted by molar-refractivity contribution is -0.111. The average molecular weight is 425 g/mol. The zero-order chi connectivity index (χ0) is 22.7. The fourth-order valence-electron chi connectivity index (χ4n) is 3.58. The van der Waals surface area contributed by atoms with Crippen LogP contribution in [-0.2, 0) is 17.9 Å². The number of amides is 2. The Morgan fingerprint density at radius 1 is 1.23 bits per heavy atom. The molecule has 8 heteroatoms. The van der Waals surface area contributed by atoms with Crippen molar-refractivity contribution in [3.05, 3.63) is 58.7 Å². The SMILES string of the molecule is COc1c(C)c(O)cc(O)c1C(=O)N1Cc2cccc(NC(=O)/C=C/CN(C)C)c2C1. The Labute approximate surface area is 181 Å². The summed E-state index contributed by atoms with van der Waals surface area (Å²) in [6.45, 7) is 2.87. The summed E-state index contributed by atoms with van der Waals surface area (Å²) in [5.74, 6) is -1.02. The third-order valence-electron chi connectivity index (χ3n) is 5.17. The van der Waals surface area contributed by atoms with Crippen molar-refractivity contribution in [2.24, 2.45) is 0 Å². The summed E-state index contributed by atoms with van der Waals surface area (Å²) in [6.07, 6.45) is 3.26. The Morgan fingerprint density at radius 3 is 2.65 bits per heavy atom. The van der Waals surface area contributed by atoms with E-state index in [1.54, 1.807) is 24.0 Å². The van der Waals surface area contributed by atoms with Crippen molar-refractivity contribution in [3.8, 4) is 17.2 Å². The zero-order valence-electron chi connectivity index (χ0n) is 18.1. The Morgan fingerprint density at radius 2 is 1.97 bits per heavy atom. The summed E-state index contributed by atoms with van der Waals surface area (Å²) in [5, 5.41) is 23.1. The van der Waals surface area contributed by atoms with Gasteiger partial charge in [-0.15, -0.1) is 0 Å². The highest BCUT2D eigenvalue weighted by Crippen LogP contribution is 2.40. The van der Waals surface area contributed by atoms with E-state index in [0.717, 1.165) is 17.2 Å². The molecule has 164 valence electrons. The molecular weight excluding hydrogens is 398 g/mol. The Kier molecular flexibility index (Phi) is 6.50. The van der Waals surface area contributed by atoms with Crippen LogP contribution in [0.1, 0.15) is 27.0 Å². The lowest BCUT2D eigenvalue weighted by Crippen LogP contribution is -2.26. The number of benzene rings is 2.